The number of carbonyl (C=O) groups excluding carboxylic acids is 2. The molecule has 0 aromatic heterocycles. The number of carbonyl (C=O) groups is 2. The van der Waals surface area contributed by atoms with Crippen LogP contribution in [-0.4, -0.2) is 32.1 Å². The monoisotopic (exact) mass is 398 g/mol. The van der Waals surface area contributed by atoms with Crippen LogP contribution in [0.4, 0.5) is 11.4 Å². The molecule has 0 unspecified atom stereocenters. The van der Waals surface area contributed by atoms with E-state index < -0.39 is 0 Å². The lowest BCUT2D eigenvalue weighted by Crippen LogP contribution is -2.27. The van der Waals surface area contributed by atoms with Gasteiger partial charge in [0.1, 0.15) is 0 Å². The van der Waals surface area contributed by atoms with Crippen molar-refractivity contribution in [2.45, 2.75) is 39.2 Å². The maximum Gasteiger partial charge on any atom is 0.305 e. The number of nitrogen functional groups attached to an aromatic ring is 1. The number of nitrogens with zero attached hydrogens (tertiary/aromatic N) is 1. The molecule has 0 radical (unpaired) electrons. The Labute approximate surface area is 172 Å². The van der Waals surface area contributed by atoms with Crippen LogP contribution in [0, 0.1) is 0 Å². The average molecular weight is 399 g/mol. The van der Waals surface area contributed by atoms with E-state index in [-0.39, 0.29) is 11.9 Å². The molecule has 6 nitrogen and oxygen atoms in total. The van der Waals surface area contributed by atoms with Crippen molar-refractivity contribution in [3.8, 4) is 0 Å². The number of hydrogen-bond acceptors (Lipinski definition) is 5. The number of unbranched alkanes of at least 4 members (excludes halogenated alkanes) is 2. The Morgan fingerprint density at radius 3 is 2.45 bits per heavy atom. The zero-order chi connectivity index (χ0) is 21.1. The van der Waals surface area contributed by atoms with Crippen LogP contribution in [0.15, 0.2) is 48.5 Å². The summed E-state index contributed by atoms with van der Waals surface area (Å²) >= 11 is 0. The second kappa shape index (κ2) is 11.9. The van der Waals surface area contributed by atoms with Crippen LogP contribution in [0.1, 0.15) is 48.5 Å². The molecular formula is C23H30N2O4. The third-order valence-electron chi connectivity index (χ3n) is 4.55. The summed E-state index contributed by atoms with van der Waals surface area (Å²) in [6, 6.07) is 14.6. The summed E-state index contributed by atoms with van der Waals surface area (Å²) in [5.41, 5.74) is 8.67. The zero-order valence-electron chi connectivity index (χ0n) is 17.2. The molecule has 0 bridgehead atoms. The van der Waals surface area contributed by atoms with Gasteiger partial charge in [-0.2, -0.15) is 0 Å². The predicted molar refractivity (Wildman–Crippen MR) is 115 cm³/mol. The number of esters is 1. The van der Waals surface area contributed by atoms with Crippen LogP contribution < -0.4 is 10.6 Å². The van der Waals surface area contributed by atoms with Crippen molar-refractivity contribution < 1.29 is 19.1 Å². The standard InChI is InChI=1S/C23H30N2O4/c1-3-29-22(26)11-5-4-8-16-28-17-19-9-6-7-10-21(19)25(2)23(27)18-12-14-20(24)15-13-18/h6-7,9-10,12-15H,3-5,8,11,16-17,24H2,1-2H3. The normalized spacial score (nSPS) is 10.6. The number of anilines is 2. The maximum absolute atomic E-state index is 12.8. The first kappa shape index (κ1) is 22.4. The third kappa shape index (κ3) is 7.23. The molecule has 1 amide bonds. The van der Waals surface area contributed by atoms with Gasteiger partial charge in [0.05, 0.1) is 13.2 Å². The van der Waals surface area contributed by atoms with Crippen molar-refractivity contribution >= 4 is 23.3 Å². The highest BCUT2D eigenvalue weighted by Gasteiger charge is 2.16. The van der Waals surface area contributed by atoms with Crippen LogP contribution in [0.5, 0.6) is 0 Å². The van der Waals surface area contributed by atoms with E-state index in [0.717, 1.165) is 30.5 Å². The summed E-state index contributed by atoms with van der Waals surface area (Å²) in [5.74, 6) is -0.243. The van der Waals surface area contributed by atoms with Gasteiger partial charge in [-0.3, -0.25) is 9.59 Å². The fraction of sp³-hybridized carbons (Fsp3) is 0.391. The minimum absolute atomic E-state index is 0.101. The Hall–Kier alpha value is -2.86. The summed E-state index contributed by atoms with van der Waals surface area (Å²) < 4.78 is 10.7. The molecule has 0 aliphatic carbocycles. The lowest BCUT2D eigenvalue weighted by molar-refractivity contribution is -0.143. The van der Waals surface area contributed by atoms with Crippen molar-refractivity contribution in [3.05, 3.63) is 59.7 Å². The van der Waals surface area contributed by atoms with Gasteiger partial charge >= 0.3 is 5.97 Å². The van der Waals surface area contributed by atoms with E-state index in [9.17, 15) is 9.59 Å². The van der Waals surface area contributed by atoms with Crippen LogP contribution >= 0.6 is 0 Å². The molecule has 156 valence electrons. The molecular weight excluding hydrogens is 368 g/mol. The Kier molecular flexibility index (Phi) is 9.18. The van der Waals surface area contributed by atoms with Crippen LogP contribution in [0.3, 0.4) is 0 Å². The lowest BCUT2D eigenvalue weighted by Gasteiger charge is -2.21. The average Bonchev–Trinajstić information content (AvgIpc) is 2.73. The zero-order valence-corrected chi connectivity index (χ0v) is 17.2. The number of para-hydroxylation sites is 1. The summed E-state index contributed by atoms with van der Waals surface area (Å²) in [7, 11) is 1.76. The number of nitrogens with two attached hydrogens (primary N) is 1. The fourth-order valence-electron chi connectivity index (χ4n) is 2.95. The molecule has 2 rings (SSSR count). The summed E-state index contributed by atoms with van der Waals surface area (Å²) in [6.45, 7) is 3.27. The predicted octanol–water partition coefficient (Wildman–Crippen LogP) is 4.19. The second-order valence-corrected chi connectivity index (χ2v) is 6.78. The summed E-state index contributed by atoms with van der Waals surface area (Å²) in [4.78, 5) is 25.7. The molecule has 0 atom stereocenters. The summed E-state index contributed by atoms with van der Waals surface area (Å²) in [5, 5.41) is 0. The molecule has 0 spiro atoms. The molecule has 0 aliphatic rings. The number of amides is 1. The smallest absolute Gasteiger partial charge is 0.305 e. The van der Waals surface area contributed by atoms with E-state index in [1.54, 1.807) is 36.2 Å². The maximum atomic E-state index is 12.8. The van der Waals surface area contributed by atoms with Crippen LogP contribution in [0.25, 0.3) is 0 Å². The SMILES string of the molecule is CCOC(=O)CCCCCOCc1ccccc1N(C)C(=O)c1ccc(N)cc1. The molecule has 0 aliphatic heterocycles. The Balaban J connectivity index is 1.83. The Morgan fingerprint density at radius 2 is 1.72 bits per heavy atom. The van der Waals surface area contributed by atoms with Gasteiger partial charge in [-0.1, -0.05) is 24.6 Å². The van der Waals surface area contributed by atoms with Gasteiger partial charge in [0.25, 0.3) is 5.91 Å². The van der Waals surface area contributed by atoms with Crippen molar-refractivity contribution in [1.82, 2.24) is 0 Å². The highest BCUT2D eigenvalue weighted by Crippen LogP contribution is 2.22. The highest BCUT2D eigenvalue weighted by atomic mass is 16.5. The van der Waals surface area contributed by atoms with Gasteiger partial charge in [0, 0.05) is 42.6 Å². The van der Waals surface area contributed by atoms with Gasteiger partial charge < -0.3 is 20.1 Å². The number of rotatable bonds is 11. The van der Waals surface area contributed by atoms with E-state index in [1.165, 1.54) is 0 Å². The summed E-state index contributed by atoms with van der Waals surface area (Å²) in [6.07, 6.45) is 3.05. The van der Waals surface area contributed by atoms with E-state index in [0.29, 0.717) is 37.5 Å². The number of hydrogen-bond donors (Lipinski definition) is 1. The Morgan fingerprint density at radius 1 is 1.00 bits per heavy atom. The minimum atomic E-state index is -0.142. The first-order valence-electron chi connectivity index (χ1n) is 9.97. The van der Waals surface area contributed by atoms with Gasteiger partial charge in [-0.05, 0) is 50.1 Å². The molecule has 0 saturated carbocycles. The first-order valence-corrected chi connectivity index (χ1v) is 9.97. The van der Waals surface area contributed by atoms with Gasteiger partial charge in [0.15, 0.2) is 0 Å². The van der Waals surface area contributed by atoms with Gasteiger partial charge in [0.2, 0.25) is 0 Å². The topological polar surface area (TPSA) is 81.9 Å². The van der Waals surface area contributed by atoms with Gasteiger partial charge in [-0.25, -0.2) is 0 Å². The molecule has 2 aromatic rings. The molecule has 0 heterocycles. The molecule has 29 heavy (non-hydrogen) atoms. The fourth-order valence-corrected chi connectivity index (χ4v) is 2.95. The van der Waals surface area contributed by atoms with Crippen molar-refractivity contribution in [2.75, 3.05) is 30.9 Å². The van der Waals surface area contributed by atoms with E-state index in [4.69, 9.17) is 15.2 Å². The van der Waals surface area contributed by atoms with Crippen molar-refractivity contribution in [2.24, 2.45) is 0 Å². The first-order chi connectivity index (χ1) is 14.0. The van der Waals surface area contributed by atoms with Crippen LogP contribution in [-0.2, 0) is 20.9 Å². The highest BCUT2D eigenvalue weighted by molar-refractivity contribution is 6.06. The quantitative estimate of drug-likeness (QED) is 0.349. The number of ether oxygens (including phenoxy) is 2. The third-order valence-corrected chi connectivity index (χ3v) is 4.55. The van der Waals surface area contributed by atoms with Crippen molar-refractivity contribution in [1.29, 1.82) is 0 Å². The molecule has 6 heteroatoms. The molecule has 0 fully saturated rings. The Bertz CT molecular complexity index is 790. The molecule has 2 N–H and O–H groups in total. The van der Waals surface area contributed by atoms with Crippen molar-refractivity contribution in [3.63, 3.8) is 0 Å². The van der Waals surface area contributed by atoms with E-state index in [1.807, 2.05) is 31.2 Å². The largest absolute Gasteiger partial charge is 0.466 e. The number of benzene rings is 2. The van der Waals surface area contributed by atoms with Gasteiger partial charge in [-0.15, -0.1) is 0 Å². The van der Waals surface area contributed by atoms with E-state index >= 15 is 0 Å². The molecule has 0 saturated heterocycles. The van der Waals surface area contributed by atoms with Crippen LogP contribution in [0.2, 0.25) is 0 Å². The molecule has 2 aromatic carbocycles. The second-order valence-electron chi connectivity index (χ2n) is 6.78. The minimum Gasteiger partial charge on any atom is -0.466 e. The lowest BCUT2D eigenvalue weighted by atomic mass is 10.1. The van der Waals surface area contributed by atoms with E-state index in [2.05, 4.69) is 0 Å².